The maximum Gasteiger partial charge on any atom is 0.339 e. The molecule has 0 saturated carbocycles. The number of hydrogen-bond donors (Lipinski definition) is 1. The first-order valence-corrected chi connectivity index (χ1v) is 13.0. The van der Waals surface area contributed by atoms with Gasteiger partial charge in [0.25, 0.3) is 0 Å². The molecule has 0 radical (unpaired) electrons. The van der Waals surface area contributed by atoms with Gasteiger partial charge in [-0.1, -0.05) is 40.9 Å². The van der Waals surface area contributed by atoms with Gasteiger partial charge in [0.2, 0.25) is 15.9 Å². The Morgan fingerprint density at radius 2 is 1.82 bits per heavy atom. The number of rotatable bonds is 7. The topological polar surface area (TPSA) is 92.8 Å². The standard InChI is InChI=1S/C22H23Cl3N2O5S/c1-2-32-22(29)16-11-15(8-9-20(16)25)26-21(28)14-5-4-10-27(12-14)33(30,31)13-17-18(23)6-3-7-19(17)24/h3,6-9,11,14H,2,4-5,10,12-13H2,1H3,(H,26,28)/t14-/m0/s1. The molecule has 3 rings (SSSR count). The Morgan fingerprint density at radius 3 is 2.48 bits per heavy atom. The molecule has 11 heteroatoms. The van der Waals surface area contributed by atoms with E-state index in [1.165, 1.54) is 16.4 Å². The van der Waals surface area contributed by atoms with E-state index in [9.17, 15) is 18.0 Å². The second-order valence-corrected chi connectivity index (χ2v) is 10.7. The molecule has 0 aliphatic carbocycles. The van der Waals surface area contributed by atoms with Gasteiger partial charge in [-0.2, -0.15) is 0 Å². The number of benzene rings is 2. The Labute approximate surface area is 208 Å². The van der Waals surface area contributed by atoms with E-state index in [-0.39, 0.29) is 45.4 Å². The summed E-state index contributed by atoms with van der Waals surface area (Å²) in [6.07, 6.45) is 1.06. The normalized spacial score (nSPS) is 16.9. The molecule has 2 aromatic rings. The second-order valence-electron chi connectivity index (χ2n) is 7.56. The highest BCUT2D eigenvalue weighted by Gasteiger charge is 2.33. The quantitative estimate of drug-likeness (QED) is 0.505. The number of hydrogen-bond acceptors (Lipinski definition) is 5. The van der Waals surface area contributed by atoms with E-state index in [4.69, 9.17) is 39.5 Å². The SMILES string of the molecule is CCOC(=O)c1cc(NC(=O)[C@H]2CCCN(S(=O)(=O)Cc3c(Cl)cccc3Cl)C2)ccc1Cl. The number of carbonyl (C=O) groups excluding carboxylic acids is 2. The number of carbonyl (C=O) groups is 2. The molecule has 1 fully saturated rings. The van der Waals surface area contributed by atoms with E-state index in [2.05, 4.69) is 5.32 Å². The third-order valence-corrected chi connectivity index (χ3v) is 8.08. The summed E-state index contributed by atoms with van der Waals surface area (Å²) in [6, 6.07) is 9.32. The molecule has 1 N–H and O–H groups in total. The number of nitrogens with one attached hydrogen (secondary N) is 1. The van der Waals surface area contributed by atoms with Crippen LogP contribution in [-0.2, 0) is 25.3 Å². The highest BCUT2D eigenvalue weighted by Crippen LogP contribution is 2.29. The van der Waals surface area contributed by atoms with Crippen LogP contribution in [0.15, 0.2) is 36.4 Å². The van der Waals surface area contributed by atoms with Crippen LogP contribution in [0.5, 0.6) is 0 Å². The summed E-state index contributed by atoms with van der Waals surface area (Å²) in [4.78, 5) is 24.9. The molecular formula is C22H23Cl3N2O5S. The molecule has 0 bridgehead atoms. The van der Waals surface area contributed by atoms with Gasteiger partial charge in [-0.05, 0) is 50.1 Å². The van der Waals surface area contributed by atoms with Crippen LogP contribution in [0.25, 0.3) is 0 Å². The maximum absolute atomic E-state index is 13.0. The van der Waals surface area contributed by atoms with Crippen LogP contribution in [0, 0.1) is 5.92 Å². The van der Waals surface area contributed by atoms with Gasteiger partial charge >= 0.3 is 5.97 Å². The summed E-state index contributed by atoms with van der Waals surface area (Å²) in [5, 5.41) is 3.51. The van der Waals surface area contributed by atoms with E-state index in [0.717, 1.165) is 0 Å². The molecule has 1 heterocycles. The molecule has 0 spiro atoms. The molecule has 0 aromatic heterocycles. The smallest absolute Gasteiger partial charge is 0.339 e. The number of ether oxygens (including phenoxy) is 1. The van der Waals surface area contributed by atoms with Crippen molar-refractivity contribution in [2.24, 2.45) is 5.92 Å². The number of sulfonamides is 1. The van der Waals surface area contributed by atoms with Gasteiger partial charge in [-0.3, -0.25) is 4.79 Å². The summed E-state index contributed by atoms with van der Waals surface area (Å²) >= 11 is 18.3. The first-order chi connectivity index (χ1) is 15.6. The Morgan fingerprint density at radius 1 is 1.12 bits per heavy atom. The van der Waals surface area contributed by atoms with Crippen LogP contribution in [0.1, 0.15) is 35.7 Å². The van der Waals surface area contributed by atoms with Gasteiger partial charge < -0.3 is 10.1 Å². The molecular weight excluding hydrogens is 511 g/mol. The van der Waals surface area contributed by atoms with E-state index in [0.29, 0.717) is 30.6 Å². The molecule has 33 heavy (non-hydrogen) atoms. The Kier molecular flexibility index (Phi) is 8.64. The first kappa shape index (κ1) is 25.8. The van der Waals surface area contributed by atoms with Crippen LogP contribution >= 0.6 is 34.8 Å². The fourth-order valence-electron chi connectivity index (χ4n) is 3.57. The van der Waals surface area contributed by atoms with Crippen LogP contribution in [0.3, 0.4) is 0 Å². The largest absolute Gasteiger partial charge is 0.462 e. The van der Waals surface area contributed by atoms with Crippen molar-refractivity contribution in [3.05, 3.63) is 62.6 Å². The number of esters is 1. The van der Waals surface area contributed by atoms with Crippen molar-refractivity contribution in [2.45, 2.75) is 25.5 Å². The average molecular weight is 534 g/mol. The summed E-state index contributed by atoms with van der Waals surface area (Å²) in [6.45, 7) is 2.22. The number of halogens is 3. The van der Waals surface area contributed by atoms with Gasteiger partial charge in [0.05, 0.1) is 28.9 Å². The van der Waals surface area contributed by atoms with Crippen LogP contribution in [-0.4, -0.2) is 44.3 Å². The third-order valence-electron chi connectivity index (χ3n) is 5.27. The predicted molar refractivity (Wildman–Crippen MR) is 129 cm³/mol. The van der Waals surface area contributed by atoms with Crippen molar-refractivity contribution >= 4 is 62.4 Å². The van der Waals surface area contributed by atoms with Gasteiger partial charge in [-0.15, -0.1) is 0 Å². The Balaban J connectivity index is 1.71. The minimum absolute atomic E-state index is 0.0363. The van der Waals surface area contributed by atoms with Crippen LogP contribution in [0.4, 0.5) is 5.69 Å². The Hall–Kier alpha value is -1.84. The summed E-state index contributed by atoms with van der Waals surface area (Å²) < 4.78 is 32.3. The fraction of sp³-hybridized carbons (Fsp3) is 0.364. The lowest BCUT2D eigenvalue weighted by Crippen LogP contribution is -2.44. The van der Waals surface area contributed by atoms with Crippen molar-refractivity contribution in [3.8, 4) is 0 Å². The average Bonchev–Trinajstić information content (AvgIpc) is 2.78. The van der Waals surface area contributed by atoms with E-state index >= 15 is 0 Å². The van der Waals surface area contributed by atoms with Crippen molar-refractivity contribution < 1.29 is 22.7 Å². The van der Waals surface area contributed by atoms with Gasteiger partial charge in [-0.25, -0.2) is 17.5 Å². The number of anilines is 1. The Bertz CT molecular complexity index is 1140. The molecule has 1 saturated heterocycles. The van der Waals surface area contributed by atoms with Crippen molar-refractivity contribution in [3.63, 3.8) is 0 Å². The number of amides is 1. The van der Waals surface area contributed by atoms with Crippen molar-refractivity contribution in [1.29, 1.82) is 0 Å². The first-order valence-electron chi connectivity index (χ1n) is 10.3. The highest BCUT2D eigenvalue weighted by atomic mass is 35.5. The monoisotopic (exact) mass is 532 g/mol. The molecule has 0 unspecified atom stereocenters. The zero-order chi connectivity index (χ0) is 24.2. The van der Waals surface area contributed by atoms with Gasteiger partial charge in [0, 0.05) is 34.4 Å². The summed E-state index contributed by atoms with van der Waals surface area (Å²) in [7, 11) is -3.74. The van der Waals surface area contributed by atoms with Crippen LogP contribution in [0.2, 0.25) is 15.1 Å². The molecule has 2 aromatic carbocycles. The molecule has 1 aliphatic heterocycles. The molecule has 1 amide bonds. The zero-order valence-corrected chi connectivity index (χ0v) is 20.9. The minimum atomic E-state index is -3.74. The molecule has 1 aliphatic rings. The lowest BCUT2D eigenvalue weighted by atomic mass is 9.98. The van der Waals surface area contributed by atoms with E-state index < -0.39 is 21.9 Å². The second kappa shape index (κ2) is 11.1. The number of nitrogens with zero attached hydrogens (tertiary/aromatic N) is 1. The summed E-state index contributed by atoms with van der Waals surface area (Å²) in [5.74, 6) is -1.84. The van der Waals surface area contributed by atoms with Crippen molar-refractivity contribution in [1.82, 2.24) is 4.31 Å². The van der Waals surface area contributed by atoms with E-state index in [1.807, 2.05) is 0 Å². The third kappa shape index (κ3) is 6.39. The lowest BCUT2D eigenvalue weighted by molar-refractivity contribution is -0.120. The van der Waals surface area contributed by atoms with Crippen LogP contribution < -0.4 is 5.32 Å². The number of piperidine rings is 1. The van der Waals surface area contributed by atoms with Gasteiger partial charge in [0.15, 0.2) is 0 Å². The zero-order valence-electron chi connectivity index (χ0n) is 17.8. The molecule has 178 valence electrons. The highest BCUT2D eigenvalue weighted by molar-refractivity contribution is 7.88. The fourth-order valence-corrected chi connectivity index (χ4v) is 6.12. The molecule has 7 nitrogen and oxygen atoms in total. The van der Waals surface area contributed by atoms with E-state index in [1.54, 1.807) is 31.2 Å². The van der Waals surface area contributed by atoms with Crippen molar-refractivity contribution in [2.75, 3.05) is 25.0 Å². The van der Waals surface area contributed by atoms with Gasteiger partial charge in [0.1, 0.15) is 0 Å². The molecule has 1 atom stereocenters. The summed E-state index contributed by atoms with van der Waals surface area (Å²) in [5.41, 5.74) is 0.844. The maximum atomic E-state index is 13.0. The minimum Gasteiger partial charge on any atom is -0.462 e. The lowest BCUT2D eigenvalue weighted by Gasteiger charge is -2.31. The predicted octanol–water partition coefficient (Wildman–Crippen LogP) is 5.00.